The fraction of sp³-hybridized carbons (Fsp3) is 0.0833. The summed E-state index contributed by atoms with van der Waals surface area (Å²) in [6.07, 6.45) is 1.10. The van der Waals surface area contributed by atoms with Gasteiger partial charge in [0.15, 0.2) is 0 Å². The molecule has 0 saturated carbocycles. The van der Waals surface area contributed by atoms with Gasteiger partial charge in [0.05, 0.1) is 13.3 Å². The van der Waals surface area contributed by atoms with E-state index in [1.807, 2.05) is 0 Å². The van der Waals surface area contributed by atoms with Crippen LogP contribution < -0.4 is 4.74 Å². The lowest BCUT2D eigenvalue weighted by Crippen LogP contribution is -1.92. The second-order valence-corrected chi connectivity index (χ2v) is 4.17. The van der Waals surface area contributed by atoms with E-state index >= 15 is 0 Å². The van der Waals surface area contributed by atoms with E-state index in [9.17, 15) is 4.39 Å². The molecular formula is C12H8Cl2FNO. The predicted molar refractivity (Wildman–Crippen MR) is 66.2 cm³/mol. The molecule has 88 valence electrons. The molecule has 0 aliphatic rings. The van der Waals surface area contributed by atoms with Crippen LogP contribution in [-0.2, 0) is 0 Å². The van der Waals surface area contributed by atoms with E-state index in [0.717, 1.165) is 6.20 Å². The zero-order valence-corrected chi connectivity index (χ0v) is 10.4. The lowest BCUT2D eigenvalue weighted by atomic mass is 10.1. The van der Waals surface area contributed by atoms with Gasteiger partial charge in [-0.3, -0.25) is 0 Å². The van der Waals surface area contributed by atoms with Crippen LogP contribution in [0.1, 0.15) is 0 Å². The summed E-state index contributed by atoms with van der Waals surface area (Å²) >= 11 is 11.8. The number of rotatable bonds is 2. The Morgan fingerprint density at radius 1 is 1.18 bits per heavy atom. The molecule has 0 amide bonds. The van der Waals surface area contributed by atoms with E-state index in [1.54, 1.807) is 18.2 Å². The lowest BCUT2D eigenvalue weighted by molar-refractivity contribution is 0.396. The number of benzene rings is 1. The quantitative estimate of drug-likeness (QED) is 0.817. The van der Waals surface area contributed by atoms with Crippen molar-refractivity contribution in [1.29, 1.82) is 0 Å². The van der Waals surface area contributed by atoms with Crippen molar-refractivity contribution in [2.24, 2.45) is 0 Å². The normalized spacial score (nSPS) is 10.4. The maximum atomic E-state index is 13.7. The highest BCUT2D eigenvalue weighted by molar-refractivity contribution is 6.36. The molecule has 5 heteroatoms. The first-order chi connectivity index (χ1) is 8.11. The zero-order chi connectivity index (χ0) is 12.4. The van der Waals surface area contributed by atoms with Gasteiger partial charge in [0.1, 0.15) is 5.82 Å². The van der Waals surface area contributed by atoms with Crippen molar-refractivity contribution in [2.45, 2.75) is 0 Å². The summed E-state index contributed by atoms with van der Waals surface area (Å²) in [4.78, 5) is 3.76. The highest BCUT2D eigenvalue weighted by atomic mass is 35.5. The van der Waals surface area contributed by atoms with E-state index in [-0.39, 0.29) is 0 Å². The topological polar surface area (TPSA) is 22.1 Å². The van der Waals surface area contributed by atoms with Crippen LogP contribution >= 0.6 is 23.2 Å². The summed E-state index contributed by atoms with van der Waals surface area (Å²) in [5.41, 5.74) is 0.882. The summed E-state index contributed by atoms with van der Waals surface area (Å²) in [7, 11) is 1.47. The Labute approximate surface area is 108 Å². The van der Waals surface area contributed by atoms with Crippen LogP contribution in [0.4, 0.5) is 4.39 Å². The number of ether oxygens (including phenoxy) is 1. The van der Waals surface area contributed by atoms with Crippen LogP contribution in [0.5, 0.6) is 5.88 Å². The van der Waals surface area contributed by atoms with Crippen LogP contribution in [0, 0.1) is 5.82 Å². The SMILES string of the molecule is COc1cc(-c2ccc(Cl)cc2Cl)c(F)cn1. The summed E-state index contributed by atoms with van der Waals surface area (Å²) < 4.78 is 18.6. The molecule has 2 aromatic rings. The number of hydrogen-bond donors (Lipinski definition) is 0. The second-order valence-electron chi connectivity index (χ2n) is 3.33. The van der Waals surface area contributed by atoms with Crippen molar-refractivity contribution in [1.82, 2.24) is 4.98 Å². The van der Waals surface area contributed by atoms with Gasteiger partial charge in [-0.1, -0.05) is 29.3 Å². The number of methoxy groups -OCH3 is 1. The van der Waals surface area contributed by atoms with Gasteiger partial charge in [-0.15, -0.1) is 0 Å². The van der Waals surface area contributed by atoms with Gasteiger partial charge < -0.3 is 4.74 Å². The van der Waals surface area contributed by atoms with Gasteiger partial charge >= 0.3 is 0 Å². The second kappa shape index (κ2) is 4.90. The van der Waals surface area contributed by atoms with Gasteiger partial charge in [-0.25, -0.2) is 9.37 Å². The van der Waals surface area contributed by atoms with Gasteiger partial charge in [-0.05, 0) is 12.1 Å². The van der Waals surface area contributed by atoms with Crippen molar-refractivity contribution in [3.05, 3.63) is 46.3 Å². The average molecular weight is 272 g/mol. The Balaban J connectivity index is 2.59. The third-order valence-electron chi connectivity index (χ3n) is 2.26. The smallest absolute Gasteiger partial charge is 0.213 e. The van der Waals surface area contributed by atoms with E-state index in [0.29, 0.717) is 27.1 Å². The van der Waals surface area contributed by atoms with Crippen molar-refractivity contribution >= 4 is 23.2 Å². The molecule has 0 aliphatic carbocycles. The van der Waals surface area contributed by atoms with E-state index < -0.39 is 5.82 Å². The minimum Gasteiger partial charge on any atom is -0.481 e. The number of aromatic nitrogens is 1. The third kappa shape index (κ3) is 2.51. The van der Waals surface area contributed by atoms with Crippen LogP contribution in [0.2, 0.25) is 10.0 Å². The summed E-state index contributed by atoms with van der Waals surface area (Å²) in [5, 5.41) is 0.879. The first kappa shape index (κ1) is 12.1. The van der Waals surface area contributed by atoms with Crippen molar-refractivity contribution in [3.63, 3.8) is 0 Å². The fourth-order valence-corrected chi connectivity index (χ4v) is 1.96. The van der Waals surface area contributed by atoms with E-state index in [1.165, 1.54) is 13.2 Å². The molecule has 0 unspecified atom stereocenters. The molecule has 0 saturated heterocycles. The molecule has 2 nitrogen and oxygen atoms in total. The molecule has 0 bridgehead atoms. The van der Waals surface area contributed by atoms with Crippen molar-refractivity contribution in [2.75, 3.05) is 7.11 Å². The monoisotopic (exact) mass is 271 g/mol. The summed E-state index contributed by atoms with van der Waals surface area (Å²) in [5.74, 6) is -0.137. The first-order valence-electron chi connectivity index (χ1n) is 4.77. The van der Waals surface area contributed by atoms with Crippen LogP contribution in [-0.4, -0.2) is 12.1 Å². The molecule has 1 aromatic carbocycles. The highest BCUT2D eigenvalue weighted by Crippen LogP contribution is 2.33. The lowest BCUT2D eigenvalue weighted by Gasteiger charge is -2.07. The zero-order valence-electron chi connectivity index (χ0n) is 8.88. The number of pyridine rings is 1. The average Bonchev–Trinajstić information content (AvgIpc) is 2.30. The standard InChI is InChI=1S/C12H8Cl2FNO/c1-17-12-5-9(11(15)6-16-12)8-3-2-7(13)4-10(8)14/h2-6H,1H3. The molecule has 1 aromatic heterocycles. The van der Waals surface area contributed by atoms with Gasteiger partial charge in [0.25, 0.3) is 0 Å². The maximum Gasteiger partial charge on any atom is 0.213 e. The maximum absolute atomic E-state index is 13.7. The van der Waals surface area contributed by atoms with Gasteiger partial charge in [0.2, 0.25) is 5.88 Å². The number of hydrogen-bond acceptors (Lipinski definition) is 2. The molecule has 0 fully saturated rings. The molecule has 0 radical (unpaired) electrons. The molecule has 2 rings (SSSR count). The molecule has 0 atom stereocenters. The van der Waals surface area contributed by atoms with Crippen LogP contribution in [0.3, 0.4) is 0 Å². The Hall–Kier alpha value is -1.32. The van der Waals surface area contributed by atoms with Gasteiger partial charge in [0, 0.05) is 27.2 Å². The van der Waals surface area contributed by atoms with Crippen molar-refractivity contribution < 1.29 is 9.13 Å². The fourth-order valence-electron chi connectivity index (χ4n) is 1.45. The molecule has 0 spiro atoms. The first-order valence-corrected chi connectivity index (χ1v) is 5.52. The number of nitrogens with zero attached hydrogens (tertiary/aromatic N) is 1. The summed E-state index contributed by atoms with van der Waals surface area (Å²) in [6.45, 7) is 0. The summed E-state index contributed by atoms with van der Waals surface area (Å²) in [6, 6.07) is 6.35. The van der Waals surface area contributed by atoms with Crippen LogP contribution in [0.25, 0.3) is 11.1 Å². The predicted octanol–water partition coefficient (Wildman–Crippen LogP) is 4.20. The highest BCUT2D eigenvalue weighted by Gasteiger charge is 2.11. The minimum absolute atomic E-state index is 0.326. The van der Waals surface area contributed by atoms with Gasteiger partial charge in [-0.2, -0.15) is 0 Å². The molecule has 1 heterocycles. The van der Waals surface area contributed by atoms with E-state index in [4.69, 9.17) is 27.9 Å². The Bertz CT molecular complexity index is 560. The Kier molecular flexibility index (Phi) is 3.50. The molecule has 0 N–H and O–H groups in total. The van der Waals surface area contributed by atoms with Crippen molar-refractivity contribution in [3.8, 4) is 17.0 Å². The molecule has 0 aliphatic heterocycles. The molecular weight excluding hydrogens is 264 g/mol. The van der Waals surface area contributed by atoms with E-state index in [2.05, 4.69) is 4.98 Å². The number of halogens is 3. The Morgan fingerprint density at radius 2 is 1.94 bits per heavy atom. The third-order valence-corrected chi connectivity index (χ3v) is 2.81. The molecule has 17 heavy (non-hydrogen) atoms. The largest absolute Gasteiger partial charge is 0.481 e. The van der Waals surface area contributed by atoms with Crippen LogP contribution in [0.15, 0.2) is 30.5 Å². The Morgan fingerprint density at radius 3 is 2.59 bits per heavy atom. The minimum atomic E-state index is -0.463.